The van der Waals surface area contributed by atoms with Crippen LogP contribution in [0.3, 0.4) is 0 Å². The Morgan fingerprint density at radius 2 is 1.84 bits per heavy atom. The standard InChI is InChI=1S/C24H26F3N4O5P/c1-34-37(32,33)35-16-29-11-3-4-19(15-28)22-14-21(31-36-22)13-18-9-7-17(8-10-18)12-20-5-2-6-23(30-20)24(25,26)27/h2-11,14,29H,12-13,15-16,28H2,1H3,(H,32,33)/p+1/b11-3-,19-4+. The second-order valence-corrected chi connectivity index (χ2v) is 9.39. The third-order valence-corrected chi connectivity index (χ3v) is 6.03. The maximum Gasteiger partial charge on any atom is 0.476 e. The van der Waals surface area contributed by atoms with E-state index in [1.54, 1.807) is 30.5 Å². The van der Waals surface area contributed by atoms with E-state index in [2.05, 4.69) is 19.2 Å². The topological polar surface area (TPSA) is 137 Å². The molecule has 9 nitrogen and oxygen atoms in total. The van der Waals surface area contributed by atoms with E-state index in [1.807, 2.05) is 24.3 Å². The Morgan fingerprint density at radius 1 is 1.16 bits per heavy atom. The first-order valence-electron chi connectivity index (χ1n) is 11.1. The molecule has 13 heteroatoms. The number of benzene rings is 1. The van der Waals surface area contributed by atoms with Crippen molar-refractivity contribution in [3.05, 3.63) is 101 Å². The first-order valence-corrected chi connectivity index (χ1v) is 12.6. The number of pyridine rings is 1. The summed E-state index contributed by atoms with van der Waals surface area (Å²) >= 11 is 0. The predicted octanol–water partition coefficient (Wildman–Crippen LogP) is 3.41. The van der Waals surface area contributed by atoms with Crippen LogP contribution in [-0.4, -0.2) is 35.4 Å². The minimum absolute atomic E-state index is 0.106. The van der Waals surface area contributed by atoms with Gasteiger partial charge in [-0.05, 0) is 35.4 Å². The fraction of sp³-hybridized carbons (Fsp3) is 0.250. The van der Waals surface area contributed by atoms with E-state index in [-0.39, 0.29) is 19.7 Å². The fourth-order valence-corrected chi connectivity index (χ4v) is 3.60. The van der Waals surface area contributed by atoms with Gasteiger partial charge in [0.15, 0.2) is 12.5 Å². The molecule has 5 N–H and O–H groups in total. The molecule has 198 valence electrons. The van der Waals surface area contributed by atoms with Crippen LogP contribution in [0.15, 0.2) is 71.4 Å². The highest BCUT2D eigenvalue weighted by atomic mass is 31.2. The number of phosphoric ester groups is 1. The summed E-state index contributed by atoms with van der Waals surface area (Å²) < 4.78 is 64.2. The number of rotatable bonds is 12. The molecule has 0 saturated carbocycles. The summed E-state index contributed by atoms with van der Waals surface area (Å²) in [7, 11) is -2.93. The van der Waals surface area contributed by atoms with Crippen molar-refractivity contribution in [2.75, 3.05) is 20.4 Å². The number of aromatic nitrogens is 2. The van der Waals surface area contributed by atoms with Gasteiger partial charge in [0.05, 0.1) is 11.9 Å². The summed E-state index contributed by atoms with van der Waals surface area (Å²) in [6.45, 7) is 0.0921. The number of phosphoric acid groups is 1. The summed E-state index contributed by atoms with van der Waals surface area (Å²) in [6.07, 6.45) is 1.33. The molecule has 0 aliphatic carbocycles. The van der Waals surface area contributed by atoms with Crippen molar-refractivity contribution < 1.29 is 41.5 Å². The van der Waals surface area contributed by atoms with E-state index in [1.165, 1.54) is 11.4 Å². The molecule has 3 rings (SSSR count). The number of nitrogens with two attached hydrogens (primary N) is 2. The van der Waals surface area contributed by atoms with Gasteiger partial charge >= 0.3 is 14.0 Å². The van der Waals surface area contributed by atoms with Gasteiger partial charge in [0.1, 0.15) is 5.69 Å². The van der Waals surface area contributed by atoms with Gasteiger partial charge < -0.3 is 15.2 Å². The zero-order chi connectivity index (χ0) is 26.9. The molecule has 0 radical (unpaired) electrons. The summed E-state index contributed by atoms with van der Waals surface area (Å²) in [6, 6.07) is 13.1. The Hall–Kier alpha value is -3.12. The van der Waals surface area contributed by atoms with Crippen LogP contribution in [0.4, 0.5) is 13.2 Å². The zero-order valence-corrected chi connectivity index (χ0v) is 20.8. The molecule has 2 aromatic heterocycles. The summed E-state index contributed by atoms with van der Waals surface area (Å²) in [5.41, 5.74) is 8.41. The largest absolute Gasteiger partial charge is 0.476 e. The summed E-state index contributed by atoms with van der Waals surface area (Å²) in [5.74, 6) is 0.505. The Balaban J connectivity index is 1.56. The highest BCUT2D eigenvalue weighted by molar-refractivity contribution is 7.47. The average molecular weight is 539 g/mol. The molecule has 0 aliphatic rings. The number of hydrogen-bond acceptors (Lipinski definition) is 7. The Kier molecular flexibility index (Phi) is 9.93. The lowest BCUT2D eigenvalue weighted by Gasteiger charge is -2.08. The number of allylic oxidation sites excluding steroid dienone is 2. The molecule has 0 bridgehead atoms. The first kappa shape index (κ1) is 28.5. The Labute approximate surface area is 211 Å². The van der Waals surface area contributed by atoms with E-state index in [0.717, 1.165) is 24.3 Å². The number of quaternary nitrogens is 1. The monoisotopic (exact) mass is 539 g/mol. The van der Waals surface area contributed by atoms with Crippen molar-refractivity contribution in [3.63, 3.8) is 0 Å². The van der Waals surface area contributed by atoms with Gasteiger partial charge in [-0.2, -0.15) is 13.2 Å². The highest BCUT2D eigenvalue weighted by Crippen LogP contribution is 2.40. The van der Waals surface area contributed by atoms with Gasteiger partial charge in [-0.25, -0.2) is 14.1 Å². The molecular weight excluding hydrogens is 512 g/mol. The van der Waals surface area contributed by atoms with Crippen LogP contribution in [-0.2, 0) is 32.6 Å². The van der Waals surface area contributed by atoms with Gasteiger partial charge in [0, 0.05) is 43.8 Å². The van der Waals surface area contributed by atoms with Gasteiger partial charge in [0.2, 0.25) is 0 Å². The molecule has 0 saturated heterocycles. The Bertz CT molecular complexity index is 1280. The highest BCUT2D eigenvalue weighted by Gasteiger charge is 2.32. The normalized spacial score (nSPS) is 14.3. The van der Waals surface area contributed by atoms with Crippen molar-refractivity contribution in [1.82, 2.24) is 10.1 Å². The number of halogens is 3. The number of nitrogens with zero attached hydrogens (tertiary/aromatic N) is 2. The van der Waals surface area contributed by atoms with Crippen molar-refractivity contribution in [2.45, 2.75) is 19.0 Å². The first-order chi connectivity index (χ1) is 17.6. The van der Waals surface area contributed by atoms with Crippen molar-refractivity contribution in [3.8, 4) is 0 Å². The van der Waals surface area contributed by atoms with Crippen molar-refractivity contribution >= 4 is 13.4 Å². The summed E-state index contributed by atoms with van der Waals surface area (Å²) in [5, 5.41) is 5.62. The molecule has 37 heavy (non-hydrogen) atoms. The lowest BCUT2D eigenvalue weighted by molar-refractivity contribution is -0.617. The molecule has 0 spiro atoms. The molecule has 3 aromatic rings. The molecular formula is C24H27F3N4O5P+. The minimum Gasteiger partial charge on any atom is -0.356 e. The van der Waals surface area contributed by atoms with E-state index in [9.17, 15) is 17.7 Å². The van der Waals surface area contributed by atoms with Crippen molar-refractivity contribution in [2.24, 2.45) is 5.73 Å². The predicted molar refractivity (Wildman–Crippen MR) is 129 cm³/mol. The van der Waals surface area contributed by atoms with E-state index in [0.29, 0.717) is 29.1 Å². The zero-order valence-electron chi connectivity index (χ0n) is 19.9. The number of hydrogen-bond donors (Lipinski definition) is 3. The minimum atomic E-state index is -4.48. The smallest absolute Gasteiger partial charge is 0.356 e. The second kappa shape index (κ2) is 12.9. The SMILES string of the molecule is COP(=O)(O)OC[NH2+]/C=C\C=C(/CN)c1cc(Cc2ccc(Cc3cccc(C(F)(F)F)n3)cc2)no1. The van der Waals surface area contributed by atoms with Crippen LogP contribution >= 0.6 is 7.82 Å². The van der Waals surface area contributed by atoms with Crippen LogP contribution in [0.25, 0.3) is 5.57 Å². The third-order valence-electron chi connectivity index (χ3n) is 5.10. The van der Waals surface area contributed by atoms with Gasteiger partial charge in [0.25, 0.3) is 0 Å². The van der Waals surface area contributed by atoms with Crippen LogP contribution in [0, 0.1) is 0 Å². The van der Waals surface area contributed by atoms with Gasteiger partial charge in [-0.3, -0.25) is 9.84 Å². The molecule has 1 unspecified atom stereocenters. The second-order valence-electron chi connectivity index (χ2n) is 7.83. The fourth-order valence-electron chi connectivity index (χ4n) is 3.22. The van der Waals surface area contributed by atoms with E-state index < -0.39 is 19.7 Å². The molecule has 2 heterocycles. The molecule has 0 aliphatic heterocycles. The molecule has 1 aromatic carbocycles. The van der Waals surface area contributed by atoms with Crippen LogP contribution in [0.1, 0.15) is 34.0 Å². The summed E-state index contributed by atoms with van der Waals surface area (Å²) in [4.78, 5) is 12.9. The molecule has 1 atom stereocenters. The van der Waals surface area contributed by atoms with E-state index >= 15 is 0 Å². The van der Waals surface area contributed by atoms with Gasteiger partial charge in [-0.1, -0.05) is 35.5 Å². The van der Waals surface area contributed by atoms with E-state index in [4.69, 9.17) is 15.2 Å². The van der Waals surface area contributed by atoms with Crippen LogP contribution < -0.4 is 11.1 Å². The average Bonchev–Trinajstić information content (AvgIpc) is 3.32. The van der Waals surface area contributed by atoms with Gasteiger partial charge in [-0.15, -0.1) is 0 Å². The molecule has 0 fully saturated rings. The van der Waals surface area contributed by atoms with Crippen molar-refractivity contribution in [1.29, 1.82) is 0 Å². The maximum atomic E-state index is 12.9. The van der Waals surface area contributed by atoms with Crippen LogP contribution in [0.5, 0.6) is 0 Å². The molecule has 0 amide bonds. The lowest BCUT2D eigenvalue weighted by Crippen LogP contribution is -2.78. The Morgan fingerprint density at radius 3 is 2.46 bits per heavy atom. The maximum absolute atomic E-state index is 12.9. The quantitative estimate of drug-likeness (QED) is 0.138. The lowest BCUT2D eigenvalue weighted by atomic mass is 10.0. The van der Waals surface area contributed by atoms with Crippen LogP contribution in [0.2, 0.25) is 0 Å². The number of alkyl halides is 3. The third kappa shape index (κ3) is 9.04.